The van der Waals surface area contributed by atoms with E-state index in [0.717, 1.165) is 16.9 Å². The predicted molar refractivity (Wildman–Crippen MR) is 87.1 cm³/mol. The third kappa shape index (κ3) is 3.66. The molecule has 1 amide bonds. The molecule has 5 nitrogen and oxygen atoms in total. The molecule has 1 unspecified atom stereocenters. The van der Waals surface area contributed by atoms with E-state index in [9.17, 15) is 14.7 Å². The van der Waals surface area contributed by atoms with Crippen molar-refractivity contribution in [1.29, 1.82) is 0 Å². The number of ether oxygens (including phenoxy) is 1. The third-order valence-electron chi connectivity index (χ3n) is 4.36. The first-order valence-electron chi connectivity index (χ1n) is 7.93. The summed E-state index contributed by atoms with van der Waals surface area (Å²) >= 11 is 0. The Hall–Kier alpha value is -2.04. The maximum absolute atomic E-state index is 13.0. The molecule has 1 N–H and O–H groups in total. The van der Waals surface area contributed by atoms with Crippen LogP contribution < -0.4 is 4.74 Å². The fourth-order valence-corrected chi connectivity index (χ4v) is 3.58. The number of carboxylic acid groups (broad SMARTS) is 1. The van der Waals surface area contributed by atoms with Gasteiger partial charge in [0.1, 0.15) is 5.75 Å². The first-order chi connectivity index (χ1) is 10.8. The number of carbonyl (C=O) groups is 2. The molecule has 1 atom stereocenters. The van der Waals surface area contributed by atoms with Gasteiger partial charge < -0.3 is 14.7 Å². The number of fused-ring (bicyclic) bond motifs is 1. The highest BCUT2D eigenvalue weighted by molar-refractivity contribution is 5.87. The molecule has 0 bridgehead atoms. The van der Waals surface area contributed by atoms with Crippen LogP contribution in [0.2, 0.25) is 0 Å². The van der Waals surface area contributed by atoms with E-state index in [1.54, 1.807) is 18.9 Å². The molecule has 0 saturated heterocycles. The lowest BCUT2D eigenvalue weighted by molar-refractivity contribution is -0.151. The Morgan fingerprint density at radius 2 is 2.04 bits per heavy atom. The number of amides is 1. The molecule has 1 aliphatic heterocycles. The van der Waals surface area contributed by atoms with E-state index in [1.807, 2.05) is 32.0 Å². The fraction of sp³-hybridized carbons (Fsp3) is 0.556. The molecule has 0 spiro atoms. The van der Waals surface area contributed by atoms with Gasteiger partial charge in [0.25, 0.3) is 0 Å². The lowest BCUT2D eigenvalue weighted by Crippen LogP contribution is -2.42. The van der Waals surface area contributed by atoms with Gasteiger partial charge >= 0.3 is 5.97 Å². The Morgan fingerprint density at radius 1 is 1.35 bits per heavy atom. The topological polar surface area (TPSA) is 66.8 Å². The molecule has 1 aliphatic rings. The van der Waals surface area contributed by atoms with Crippen molar-refractivity contribution in [2.24, 2.45) is 11.3 Å². The van der Waals surface area contributed by atoms with Crippen molar-refractivity contribution in [2.45, 2.75) is 46.7 Å². The molecule has 1 aromatic rings. The van der Waals surface area contributed by atoms with Gasteiger partial charge in [-0.1, -0.05) is 32.9 Å². The predicted octanol–water partition coefficient (Wildman–Crippen LogP) is 3.06. The summed E-state index contributed by atoms with van der Waals surface area (Å²) in [5, 5.41) is 9.22. The summed E-state index contributed by atoms with van der Waals surface area (Å²) in [6.07, 6.45) is 0.413. The molecule has 0 aromatic heterocycles. The number of carbonyl (C=O) groups excluding carboxylic acids is 1. The minimum atomic E-state index is -0.934. The summed E-state index contributed by atoms with van der Waals surface area (Å²) in [5.74, 6) is 0.00653. The Balaban J connectivity index is 2.24. The van der Waals surface area contributed by atoms with E-state index in [1.165, 1.54) is 0 Å². The molecule has 1 heterocycles. The van der Waals surface area contributed by atoms with Crippen molar-refractivity contribution in [1.82, 2.24) is 4.90 Å². The fourth-order valence-electron chi connectivity index (χ4n) is 3.58. The number of hydrogen-bond acceptors (Lipinski definition) is 3. The number of nitrogens with zero attached hydrogens (tertiary/aromatic N) is 1. The second kappa shape index (κ2) is 6.60. The van der Waals surface area contributed by atoms with Gasteiger partial charge in [0.05, 0.1) is 25.5 Å². The van der Waals surface area contributed by atoms with Crippen LogP contribution in [0.5, 0.6) is 5.75 Å². The molecule has 0 fully saturated rings. The van der Waals surface area contributed by atoms with Gasteiger partial charge in [-0.2, -0.15) is 0 Å². The molecule has 2 rings (SSSR count). The van der Waals surface area contributed by atoms with Crippen molar-refractivity contribution >= 4 is 11.9 Å². The summed E-state index contributed by atoms with van der Waals surface area (Å²) in [6.45, 7) is 6.78. The lowest BCUT2D eigenvalue weighted by atomic mass is 9.78. The van der Waals surface area contributed by atoms with Crippen LogP contribution in [0.4, 0.5) is 0 Å². The Bertz CT molecular complexity index is 611. The first-order valence-corrected chi connectivity index (χ1v) is 7.93. The van der Waals surface area contributed by atoms with Crippen molar-refractivity contribution in [2.75, 3.05) is 7.11 Å². The minimum Gasteiger partial charge on any atom is -0.496 e. The number of aliphatic carboxylic acids is 1. The van der Waals surface area contributed by atoms with E-state index in [2.05, 4.69) is 0 Å². The van der Waals surface area contributed by atoms with E-state index in [4.69, 9.17) is 4.74 Å². The van der Waals surface area contributed by atoms with Crippen LogP contribution in [0, 0.1) is 11.3 Å². The smallest absolute Gasteiger partial charge is 0.304 e. The quantitative estimate of drug-likeness (QED) is 0.875. The lowest BCUT2D eigenvalue weighted by Gasteiger charge is -2.32. The molecule has 0 aliphatic carbocycles. The molecular formula is C18H25NO4. The minimum absolute atomic E-state index is 0.0909. The summed E-state index contributed by atoms with van der Waals surface area (Å²) in [7, 11) is 1.62. The average molecular weight is 319 g/mol. The van der Waals surface area contributed by atoms with Crippen LogP contribution in [-0.2, 0) is 22.7 Å². The second-order valence-corrected chi connectivity index (χ2v) is 6.99. The summed E-state index contributed by atoms with van der Waals surface area (Å²) in [6, 6.07) is 5.79. The molecule has 1 aromatic carbocycles. The van der Waals surface area contributed by atoms with Gasteiger partial charge in [0.2, 0.25) is 5.91 Å². The van der Waals surface area contributed by atoms with Gasteiger partial charge in [-0.05, 0) is 24.0 Å². The van der Waals surface area contributed by atoms with Crippen LogP contribution >= 0.6 is 0 Å². The monoisotopic (exact) mass is 319 g/mol. The van der Waals surface area contributed by atoms with Gasteiger partial charge in [-0.3, -0.25) is 9.59 Å². The highest BCUT2D eigenvalue weighted by atomic mass is 16.5. The standard InChI is InChI=1S/C18H25NO4/c1-12(2)8-18(3,9-16(20)21)17(22)19-10-13-6-5-7-15(23-4)14(13)11-19/h5-7,12H,8-11H2,1-4H3,(H,20,21). The highest BCUT2D eigenvalue weighted by Gasteiger charge is 2.41. The normalized spacial score (nSPS) is 16.1. The number of methoxy groups -OCH3 is 1. The maximum atomic E-state index is 13.0. The Morgan fingerprint density at radius 3 is 2.61 bits per heavy atom. The molecular weight excluding hydrogens is 294 g/mol. The molecule has 126 valence electrons. The van der Waals surface area contributed by atoms with Crippen molar-refractivity contribution < 1.29 is 19.4 Å². The zero-order chi connectivity index (χ0) is 17.2. The Labute approximate surface area is 137 Å². The van der Waals surface area contributed by atoms with Crippen molar-refractivity contribution in [3.8, 4) is 5.75 Å². The van der Waals surface area contributed by atoms with Crippen LogP contribution in [0.1, 0.15) is 44.7 Å². The second-order valence-electron chi connectivity index (χ2n) is 6.99. The third-order valence-corrected chi connectivity index (χ3v) is 4.36. The van der Waals surface area contributed by atoms with Gasteiger partial charge in [0.15, 0.2) is 0 Å². The van der Waals surface area contributed by atoms with Gasteiger partial charge in [0, 0.05) is 12.1 Å². The zero-order valence-electron chi connectivity index (χ0n) is 14.3. The van der Waals surface area contributed by atoms with E-state index in [0.29, 0.717) is 19.5 Å². The molecule has 0 radical (unpaired) electrons. The van der Waals surface area contributed by atoms with Crippen molar-refractivity contribution in [3.05, 3.63) is 29.3 Å². The Kier molecular flexibility index (Phi) is 4.97. The SMILES string of the molecule is COc1cccc2c1CN(C(=O)C(C)(CC(=O)O)CC(C)C)C2. The first kappa shape index (κ1) is 17.3. The molecule has 23 heavy (non-hydrogen) atoms. The van der Waals surface area contributed by atoms with E-state index in [-0.39, 0.29) is 18.2 Å². The molecule has 0 saturated carbocycles. The van der Waals surface area contributed by atoms with Gasteiger partial charge in [-0.15, -0.1) is 0 Å². The van der Waals surface area contributed by atoms with Crippen LogP contribution in [0.25, 0.3) is 0 Å². The summed E-state index contributed by atoms with van der Waals surface area (Å²) in [4.78, 5) is 26.0. The zero-order valence-corrected chi connectivity index (χ0v) is 14.3. The number of rotatable bonds is 6. The van der Waals surface area contributed by atoms with E-state index < -0.39 is 11.4 Å². The largest absolute Gasteiger partial charge is 0.496 e. The van der Waals surface area contributed by atoms with Crippen LogP contribution in [-0.4, -0.2) is 29.0 Å². The van der Waals surface area contributed by atoms with Gasteiger partial charge in [-0.25, -0.2) is 0 Å². The average Bonchev–Trinajstić information content (AvgIpc) is 2.88. The van der Waals surface area contributed by atoms with E-state index >= 15 is 0 Å². The maximum Gasteiger partial charge on any atom is 0.304 e. The van der Waals surface area contributed by atoms with Crippen LogP contribution in [0.3, 0.4) is 0 Å². The van der Waals surface area contributed by atoms with Crippen molar-refractivity contribution in [3.63, 3.8) is 0 Å². The number of hydrogen-bond donors (Lipinski definition) is 1. The summed E-state index contributed by atoms with van der Waals surface area (Å²) < 4.78 is 5.37. The molecule has 5 heteroatoms. The number of carboxylic acids is 1. The highest BCUT2D eigenvalue weighted by Crippen LogP contribution is 2.37. The van der Waals surface area contributed by atoms with Crippen LogP contribution in [0.15, 0.2) is 18.2 Å². The number of benzene rings is 1. The summed E-state index contributed by atoms with van der Waals surface area (Å²) in [5.41, 5.74) is 1.21.